The number of rotatable bonds is 5. The van der Waals surface area contributed by atoms with Gasteiger partial charge in [0.1, 0.15) is 5.75 Å². The lowest BCUT2D eigenvalue weighted by Gasteiger charge is -2.22. The number of nitrogens with zero attached hydrogens (tertiary/aromatic N) is 3. The maximum atomic E-state index is 12.3. The van der Waals surface area contributed by atoms with Gasteiger partial charge in [-0.2, -0.15) is 0 Å². The van der Waals surface area contributed by atoms with Gasteiger partial charge in [0.2, 0.25) is 0 Å². The van der Waals surface area contributed by atoms with Crippen molar-refractivity contribution in [2.24, 2.45) is 11.8 Å². The lowest BCUT2D eigenvalue weighted by Crippen LogP contribution is -2.26. The van der Waals surface area contributed by atoms with Gasteiger partial charge in [0.25, 0.3) is 0 Å². The van der Waals surface area contributed by atoms with Crippen molar-refractivity contribution in [3.05, 3.63) is 30.0 Å². The summed E-state index contributed by atoms with van der Waals surface area (Å²) in [6.45, 7) is 1.42. The Kier molecular flexibility index (Phi) is 4.32. The number of fused-ring (bicyclic) bond motifs is 2. The maximum absolute atomic E-state index is 12.3. The van der Waals surface area contributed by atoms with Crippen molar-refractivity contribution < 1.29 is 22.7 Å². The van der Waals surface area contributed by atoms with E-state index in [9.17, 15) is 18.0 Å². The second kappa shape index (κ2) is 6.54. The summed E-state index contributed by atoms with van der Waals surface area (Å²) in [7, 11) is 0. The summed E-state index contributed by atoms with van der Waals surface area (Å²) in [6.07, 6.45) is -0.0146. The molecule has 27 heavy (non-hydrogen) atoms. The molecular weight excluding hydrogens is 361 g/mol. The van der Waals surface area contributed by atoms with Gasteiger partial charge in [-0.1, -0.05) is 6.42 Å². The van der Waals surface area contributed by atoms with Gasteiger partial charge < -0.3 is 10.1 Å². The fourth-order valence-electron chi connectivity index (χ4n) is 4.13. The van der Waals surface area contributed by atoms with E-state index < -0.39 is 6.36 Å². The third kappa shape index (κ3) is 3.77. The molecule has 0 saturated heterocycles. The third-order valence-corrected chi connectivity index (χ3v) is 5.31. The zero-order chi connectivity index (χ0) is 19.2. The van der Waals surface area contributed by atoms with E-state index in [-0.39, 0.29) is 23.3 Å². The van der Waals surface area contributed by atoms with Crippen LogP contribution in [0.2, 0.25) is 0 Å². The van der Waals surface area contributed by atoms with Gasteiger partial charge >= 0.3 is 6.36 Å². The third-order valence-electron chi connectivity index (χ3n) is 5.31. The van der Waals surface area contributed by atoms with Crippen LogP contribution in [0.25, 0.3) is 5.69 Å². The average Bonchev–Trinajstić information content (AvgIpc) is 3.29. The number of carbonyl (C=O) groups excluding carboxylic acids is 1. The van der Waals surface area contributed by atoms with Gasteiger partial charge in [0.05, 0.1) is 5.69 Å². The number of alkyl halides is 3. The van der Waals surface area contributed by atoms with Crippen molar-refractivity contribution in [1.29, 1.82) is 0 Å². The fraction of sp³-hybridized carbons (Fsp3) is 0.500. The van der Waals surface area contributed by atoms with Crippen LogP contribution >= 0.6 is 0 Å². The van der Waals surface area contributed by atoms with Crippen LogP contribution in [0, 0.1) is 11.8 Å². The summed E-state index contributed by atoms with van der Waals surface area (Å²) < 4.78 is 40.7. The smallest absolute Gasteiger partial charge is 0.406 e. The molecule has 1 N–H and O–H groups in total. The van der Waals surface area contributed by atoms with Crippen LogP contribution in [-0.2, 0) is 0 Å². The van der Waals surface area contributed by atoms with Crippen molar-refractivity contribution in [2.45, 2.75) is 45.0 Å². The lowest BCUT2D eigenvalue weighted by atomic mass is 9.95. The monoisotopic (exact) mass is 380 g/mol. The van der Waals surface area contributed by atoms with Crippen LogP contribution in [0.5, 0.6) is 5.75 Å². The van der Waals surface area contributed by atoms with Gasteiger partial charge in [0.15, 0.2) is 17.3 Å². The van der Waals surface area contributed by atoms with Crippen molar-refractivity contribution in [3.63, 3.8) is 0 Å². The largest absolute Gasteiger partial charge is 0.573 e. The summed E-state index contributed by atoms with van der Waals surface area (Å²) >= 11 is 0. The Morgan fingerprint density at radius 3 is 2.48 bits per heavy atom. The number of halogens is 3. The number of benzene rings is 1. The van der Waals surface area contributed by atoms with Crippen LogP contribution in [-0.4, -0.2) is 33.2 Å². The number of ether oxygens (including phenoxy) is 1. The quantitative estimate of drug-likeness (QED) is 0.795. The number of ketones is 1. The average molecular weight is 380 g/mol. The fourth-order valence-corrected chi connectivity index (χ4v) is 4.13. The molecule has 1 aromatic heterocycles. The second-order valence-corrected chi connectivity index (χ2v) is 7.21. The topological polar surface area (TPSA) is 69.0 Å². The zero-order valence-corrected chi connectivity index (χ0v) is 14.7. The first-order valence-electron chi connectivity index (χ1n) is 8.89. The molecule has 0 aliphatic heterocycles. The van der Waals surface area contributed by atoms with Crippen LogP contribution in [0.1, 0.15) is 43.1 Å². The van der Waals surface area contributed by atoms with Crippen molar-refractivity contribution in [2.75, 3.05) is 5.32 Å². The number of hydrogen-bond donors (Lipinski definition) is 1. The number of aromatic nitrogens is 3. The minimum absolute atomic E-state index is 0.219. The molecule has 0 amide bonds. The zero-order valence-electron chi connectivity index (χ0n) is 14.7. The van der Waals surface area contributed by atoms with Gasteiger partial charge in [-0.05, 0) is 55.4 Å². The number of anilines is 1. The molecule has 3 atom stereocenters. The molecule has 2 saturated carbocycles. The number of nitrogens with one attached hydrogen (secondary N) is 1. The lowest BCUT2D eigenvalue weighted by molar-refractivity contribution is -0.274. The molecule has 144 valence electrons. The first kappa shape index (κ1) is 17.8. The Hall–Kier alpha value is -2.58. The first-order chi connectivity index (χ1) is 12.8. The van der Waals surface area contributed by atoms with E-state index >= 15 is 0 Å². The Balaban J connectivity index is 1.55. The first-order valence-corrected chi connectivity index (χ1v) is 8.89. The number of Topliss-reactive ketones (excluding diaryl/α,β-unsaturated/α-hetero) is 1. The molecule has 4 rings (SSSR count). The van der Waals surface area contributed by atoms with Gasteiger partial charge in [0, 0.05) is 13.0 Å². The molecule has 2 aliphatic carbocycles. The standard InChI is InChI=1S/C18H19F3N4O2/c1-10(26)16-17(22-15-9-11-2-3-12(15)8-11)24-25(23-16)13-4-6-14(7-5-13)27-18(19,20)21/h4-7,11-12,15H,2-3,8-9H2,1H3,(H,22,24). The molecular formula is C18H19F3N4O2. The van der Waals surface area contributed by atoms with Crippen LogP contribution in [0.4, 0.5) is 19.0 Å². The predicted octanol–water partition coefficient (Wildman–Crippen LogP) is 3.97. The molecule has 2 bridgehead atoms. The number of hydrogen-bond acceptors (Lipinski definition) is 5. The predicted molar refractivity (Wildman–Crippen MR) is 90.9 cm³/mol. The molecule has 0 spiro atoms. The van der Waals surface area contributed by atoms with E-state index in [1.165, 1.54) is 55.2 Å². The van der Waals surface area contributed by atoms with E-state index in [2.05, 4.69) is 20.3 Å². The van der Waals surface area contributed by atoms with E-state index in [4.69, 9.17) is 0 Å². The normalized spacial score (nSPS) is 24.2. The summed E-state index contributed by atoms with van der Waals surface area (Å²) in [4.78, 5) is 13.2. The van der Waals surface area contributed by atoms with Crippen molar-refractivity contribution in [3.8, 4) is 11.4 Å². The second-order valence-electron chi connectivity index (χ2n) is 7.21. The van der Waals surface area contributed by atoms with Crippen molar-refractivity contribution in [1.82, 2.24) is 15.0 Å². The van der Waals surface area contributed by atoms with E-state index in [0.29, 0.717) is 17.4 Å². The van der Waals surface area contributed by atoms with Crippen LogP contribution in [0.3, 0.4) is 0 Å². The summed E-state index contributed by atoms with van der Waals surface area (Å²) in [5.74, 6) is 1.22. The molecule has 2 aliphatic rings. The molecule has 6 nitrogen and oxygen atoms in total. The highest BCUT2D eigenvalue weighted by atomic mass is 19.4. The molecule has 9 heteroatoms. The maximum Gasteiger partial charge on any atom is 0.573 e. The molecule has 0 radical (unpaired) electrons. The van der Waals surface area contributed by atoms with E-state index in [0.717, 1.165) is 12.3 Å². The Labute approximate surface area is 153 Å². The highest BCUT2D eigenvalue weighted by Crippen LogP contribution is 2.45. The molecule has 2 fully saturated rings. The highest BCUT2D eigenvalue weighted by molar-refractivity contribution is 5.96. The van der Waals surface area contributed by atoms with E-state index in [1.807, 2.05) is 0 Å². The minimum Gasteiger partial charge on any atom is -0.406 e. The number of carbonyl (C=O) groups is 1. The summed E-state index contributed by atoms with van der Waals surface area (Å²) in [5.41, 5.74) is 0.668. The van der Waals surface area contributed by atoms with Crippen LogP contribution < -0.4 is 10.1 Å². The molecule has 2 aromatic rings. The van der Waals surface area contributed by atoms with Crippen LogP contribution in [0.15, 0.2) is 24.3 Å². The van der Waals surface area contributed by atoms with Gasteiger partial charge in [-0.25, -0.2) is 0 Å². The Morgan fingerprint density at radius 1 is 1.19 bits per heavy atom. The SMILES string of the molecule is CC(=O)c1nn(-c2ccc(OC(F)(F)F)cc2)nc1NC1CC2CCC1C2. The summed E-state index contributed by atoms with van der Waals surface area (Å²) in [5, 5.41) is 11.9. The molecule has 1 heterocycles. The highest BCUT2D eigenvalue weighted by Gasteiger charge is 2.40. The Morgan fingerprint density at radius 2 is 1.93 bits per heavy atom. The van der Waals surface area contributed by atoms with Gasteiger partial charge in [-0.3, -0.25) is 4.79 Å². The van der Waals surface area contributed by atoms with E-state index in [1.54, 1.807) is 0 Å². The minimum atomic E-state index is -4.75. The van der Waals surface area contributed by atoms with Gasteiger partial charge in [-0.15, -0.1) is 28.2 Å². The molecule has 1 aromatic carbocycles. The summed E-state index contributed by atoms with van der Waals surface area (Å²) in [6, 6.07) is 5.47. The van der Waals surface area contributed by atoms with Crippen molar-refractivity contribution >= 4 is 11.6 Å². The Bertz CT molecular complexity index is 847. The molecule has 3 unspecified atom stereocenters.